The summed E-state index contributed by atoms with van der Waals surface area (Å²) in [5.74, 6) is -0.907. The van der Waals surface area contributed by atoms with E-state index >= 15 is 0 Å². The monoisotopic (exact) mass is 332 g/mol. The van der Waals surface area contributed by atoms with Gasteiger partial charge in [-0.05, 0) is 42.5 Å². The summed E-state index contributed by atoms with van der Waals surface area (Å²) in [7, 11) is 0. The van der Waals surface area contributed by atoms with Crippen LogP contribution in [-0.2, 0) is 0 Å². The molecule has 0 aliphatic carbocycles. The van der Waals surface area contributed by atoms with Gasteiger partial charge in [-0.25, -0.2) is 4.79 Å². The summed E-state index contributed by atoms with van der Waals surface area (Å²) in [4.78, 5) is 13.2. The number of carbonyl (C=O) groups is 1. The first kappa shape index (κ1) is 13.0. The summed E-state index contributed by atoms with van der Waals surface area (Å²) >= 11 is 3.43. The number of carboxylic acids is 1. The topological polar surface area (TPSA) is 52.6 Å². The Morgan fingerprint density at radius 2 is 1.95 bits per heavy atom. The molecule has 0 radical (unpaired) electrons. The molecule has 0 amide bonds. The van der Waals surface area contributed by atoms with Gasteiger partial charge in [-0.15, -0.1) is 0 Å². The molecule has 102 valence electrons. The van der Waals surface area contributed by atoms with Gasteiger partial charge >= 0.3 is 5.97 Å². The van der Waals surface area contributed by atoms with Gasteiger partial charge in [0.25, 0.3) is 0 Å². The Balaban J connectivity index is 2.01. The third kappa shape index (κ3) is 2.36. The number of carboxylic acid groups (broad SMARTS) is 1. The number of hydrogen-bond donors (Lipinski definition) is 2. The Bertz CT molecular complexity index is 655. The summed E-state index contributed by atoms with van der Waals surface area (Å²) in [5, 5.41) is 12.3. The van der Waals surface area contributed by atoms with Crippen LogP contribution in [0, 0.1) is 0 Å². The SMILES string of the molecule is O=C(O)c1ccc2c(c1)NCCN2c1ccc(Br)cc1. The van der Waals surface area contributed by atoms with Crippen LogP contribution in [0.25, 0.3) is 0 Å². The fourth-order valence-electron chi connectivity index (χ4n) is 2.36. The van der Waals surface area contributed by atoms with Crippen LogP contribution in [0.4, 0.5) is 17.1 Å². The molecule has 0 unspecified atom stereocenters. The molecule has 0 aromatic heterocycles. The molecule has 2 N–H and O–H groups in total. The minimum absolute atomic E-state index is 0.300. The molecular formula is C15H13BrN2O2. The zero-order valence-electron chi connectivity index (χ0n) is 10.6. The highest BCUT2D eigenvalue weighted by Crippen LogP contribution is 2.35. The molecule has 0 bridgehead atoms. The molecule has 2 aromatic carbocycles. The largest absolute Gasteiger partial charge is 0.478 e. The Morgan fingerprint density at radius 3 is 2.65 bits per heavy atom. The summed E-state index contributed by atoms with van der Waals surface area (Å²) in [6.45, 7) is 1.63. The second-order valence-electron chi connectivity index (χ2n) is 4.59. The van der Waals surface area contributed by atoms with E-state index in [1.54, 1.807) is 12.1 Å². The molecule has 4 nitrogen and oxygen atoms in total. The number of fused-ring (bicyclic) bond motifs is 1. The maximum absolute atomic E-state index is 11.0. The van der Waals surface area contributed by atoms with Crippen molar-refractivity contribution in [2.24, 2.45) is 0 Å². The van der Waals surface area contributed by atoms with Gasteiger partial charge in [0, 0.05) is 23.2 Å². The minimum Gasteiger partial charge on any atom is -0.478 e. The molecule has 2 aromatic rings. The fraction of sp³-hybridized carbons (Fsp3) is 0.133. The molecule has 1 aliphatic rings. The molecule has 0 spiro atoms. The highest BCUT2D eigenvalue weighted by Gasteiger charge is 2.19. The zero-order valence-corrected chi connectivity index (χ0v) is 12.2. The predicted molar refractivity (Wildman–Crippen MR) is 83.0 cm³/mol. The van der Waals surface area contributed by atoms with Crippen LogP contribution in [-0.4, -0.2) is 24.2 Å². The van der Waals surface area contributed by atoms with Gasteiger partial charge in [0.2, 0.25) is 0 Å². The van der Waals surface area contributed by atoms with Crippen molar-refractivity contribution in [2.45, 2.75) is 0 Å². The normalized spacial score (nSPS) is 13.6. The third-order valence-corrected chi connectivity index (χ3v) is 3.85. The third-order valence-electron chi connectivity index (χ3n) is 3.32. The van der Waals surface area contributed by atoms with Crippen LogP contribution in [0.5, 0.6) is 0 Å². The Kier molecular flexibility index (Phi) is 3.36. The number of halogens is 1. The highest BCUT2D eigenvalue weighted by atomic mass is 79.9. The van der Waals surface area contributed by atoms with Gasteiger partial charge in [0.05, 0.1) is 16.9 Å². The molecular weight excluding hydrogens is 320 g/mol. The first-order valence-corrected chi connectivity index (χ1v) is 7.09. The van der Waals surface area contributed by atoms with Crippen molar-refractivity contribution in [3.63, 3.8) is 0 Å². The maximum Gasteiger partial charge on any atom is 0.335 e. The molecule has 20 heavy (non-hydrogen) atoms. The van der Waals surface area contributed by atoms with Gasteiger partial charge in [-0.3, -0.25) is 0 Å². The maximum atomic E-state index is 11.0. The van der Waals surface area contributed by atoms with Gasteiger partial charge < -0.3 is 15.3 Å². The quantitative estimate of drug-likeness (QED) is 0.880. The van der Waals surface area contributed by atoms with Crippen molar-refractivity contribution in [1.29, 1.82) is 0 Å². The number of hydrogen-bond acceptors (Lipinski definition) is 3. The van der Waals surface area contributed by atoms with Crippen molar-refractivity contribution < 1.29 is 9.90 Å². The van der Waals surface area contributed by atoms with Crippen LogP contribution in [0.1, 0.15) is 10.4 Å². The van der Waals surface area contributed by atoms with E-state index in [1.807, 2.05) is 30.3 Å². The van der Waals surface area contributed by atoms with Crippen LogP contribution in [0.2, 0.25) is 0 Å². The Labute approximate surface area is 125 Å². The molecule has 0 saturated heterocycles. The zero-order chi connectivity index (χ0) is 14.1. The lowest BCUT2D eigenvalue weighted by molar-refractivity contribution is 0.0697. The van der Waals surface area contributed by atoms with Gasteiger partial charge in [-0.1, -0.05) is 15.9 Å². The van der Waals surface area contributed by atoms with Gasteiger partial charge in [0.15, 0.2) is 0 Å². The average Bonchev–Trinajstić information content (AvgIpc) is 2.47. The Hall–Kier alpha value is -2.01. The summed E-state index contributed by atoms with van der Waals surface area (Å²) in [6, 6.07) is 13.3. The molecule has 1 heterocycles. The average molecular weight is 333 g/mol. The molecule has 3 rings (SSSR count). The van der Waals surface area contributed by atoms with Crippen molar-refractivity contribution in [2.75, 3.05) is 23.3 Å². The summed E-state index contributed by atoms with van der Waals surface area (Å²) < 4.78 is 1.04. The number of rotatable bonds is 2. The first-order chi connectivity index (χ1) is 9.65. The highest BCUT2D eigenvalue weighted by molar-refractivity contribution is 9.10. The first-order valence-electron chi connectivity index (χ1n) is 6.29. The number of aromatic carboxylic acids is 1. The lowest BCUT2D eigenvalue weighted by atomic mass is 10.1. The molecule has 0 saturated carbocycles. The Morgan fingerprint density at radius 1 is 1.20 bits per heavy atom. The number of nitrogens with one attached hydrogen (secondary N) is 1. The number of nitrogens with zero attached hydrogens (tertiary/aromatic N) is 1. The standard InChI is InChI=1S/C15H13BrN2O2/c16-11-2-4-12(5-3-11)18-8-7-17-13-9-10(15(19)20)1-6-14(13)18/h1-6,9,17H,7-8H2,(H,19,20). The molecule has 0 atom stereocenters. The van der Waals surface area contributed by atoms with Crippen LogP contribution in [0.15, 0.2) is 46.9 Å². The van der Waals surface area contributed by atoms with E-state index in [9.17, 15) is 4.79 Å². The smallest absolute Gasteiger partial charge is 0.335 e. The fourth-order valence-corrected chi connectivity index (χ4v) is 2.62. The van der Waals surface area contributed by atoms with E-state index < -0.39 is 5.97 Å². The van der Waals surface area contributed by atoms with E-state index in [2.05, 4.69) is 26.1 Å². The molecule has 5 heteroatoms. The van der Waals surface area contributed by atoms with E-state index in [1.165, 1.54) is 0 Å². The van der Waals surface area contributed by atoms with E-state index in [4.69, 9.17) is 5.11 Å². The second-order valence-corrected chi connectivity index (χ2v) is 5.51. The van der Waals surface area contributed by atoms with Crippen molar-refractivity contribution >= 4 is 39.0 Å². The lowest BCUT2D eigenvalue weighted by Crippen LogP contribution is -2.30. The van der Waals surface area contributed by atoms with Gasteiger partial charge in [0.1, 0.15) is 0 Å². The summed E-state index contributed by atoms with van der Waals surface area (Å²) in [6.07, 6.45) is 0. The molecule has 0 fully saturated rings. The predicted octanol–water partition coefficient (Wildman–Crippen LogP) is 3.71. The minimum atomic E-state index is -0.907. The van der Waals surface area contributed by atoms with E-state index in [0.29, 0.717) is 5.56 Å². The lowest BCUT2D eigenvalue weighted by Gasteiger charge is -2.32. The van der Waals surface area contributed by atoms with Crippen molar-refractivity contribution in [1.82, 2.24) is 0 Å². The summed E-state index contributed by atoms with van der Waals surface area (Å²) in [5.41, 5.74) is 3.26. The van der Waals surface area contributed by atoms with E-state index in [-0.39, 0.29) is 0 Å². The van der Waals surface area contributed by atoms with Crippen LogP contribution < -0.4 is 10.2 Å². The van der Waals surface area contributed by atoms with E-state index in [0.717, 1.165) is 34.6 Å². The van der Waals surface area contributed by atoms with Crippen LogP contribution in [0.3, 0.4) is 0 Å². The van der Waals surface area contributed by atoms with Crippen molar-refractivity contribution in [3.8, 4) is 0 Å². The number of benzene rings is 2. The van der Waals surface area contributed by atoms with Crippen LogP contribution >= 0.6 is 15.9 Å². The number of anilines is 3. The molecule has 1 aliphatic heterocycles. The van der Waals surface area contributed by atoms with Gasteiger partial charge in [-0.2, -0.15) is 0 Å². The van der Waals surface area contributed by atoms with Crippen molar-refractivity contribution in [3.05, 3.63) is 52.5 Å². The second kappa shape index (κ2) is 5.17.